The maximum Gasteiger partial charge on any atom is 0.126 e. The largest absolute Gasteiger partial charge is 0.490 e. The normalized spacial score (nSPS) is 14.6. The fraction of sp³-hybridized carbons (Fsp3) is 0.455. The van der Waals surface area contributed by atoms with Gasteiger partial charge in [-0.05, 0) is 19.1 Å². The van der Waals surface area contributed by atoms with Gasteiger partial charge in [-0.1, -0.05) is 22.0 Å². The van der Waals surface area contributed by atoms with Gasteiger partial charge in [-0.2, -0.15) is 0 Å². The van der Waals surface area contributed by atoms with E-state index in [4.69, 9.17) is 14.9 Å². The van der Waals surface area contributed by atoms with Gasteiger partial charge in [-0.15, -0.1) is 0 Å². The van der Waals surface area contributed by atoms with E-state index in [-0.39, 0.29) is 13.2 Å². The molecule has 0 aliphatic heterocycles. The predicted molar refractivity (Wildman–Crippen MR) is 63.4 cm³/mol. The van der Waals surface area contributed by atoms with Crippen molar-refractivity contribution < 1.29 is 20.1 Å². The van der Waals surface area contributed by atoms with E-state index < -0.39 is 12.2 Å². The Morgan fingerprint density at radius 1 is 1.38 bits per heavy atom. The Morgan fingerprint density at radius 2 is 2.06 bits per heavy atom. The summed E-state index contributed by atoms with van der Waals surface area (Å²) in [5.74, 6) is 0.497. The first-order valence-corrected chi connectivity index (χ1v) is 5.73. The molecule has 1 aromatic rings. The summed E-state index contributed by atoms with van der Waals surface area (Å²) in [5.41, 5.74) is 0.647. The molecule has 4 nitrogen and oxygen atoms in total. The summed E-state index contributed by atoms with van der Waals surface area (Å²) in [5, 5.41) is 27.3. The molecule has 5 heteroatoms. The van der Waals surface area contributed by atoms with Crippen LogP contribution in [0.1, 0.15) is 18.6 Å². The van der Waals surface area contributed by atoms with E-state index in [9.17, 15) is 5.11 Å². The monoisotopic (exact) mass is 290 g/mol. The van der Waals surface area contributed by atoms with Crippen LogP contribution in [-0.4, -0.2) is 34.6 Å². The smallest absolute Gasteiger partial charge is 0.126 e. The second-order valence-electron chi connectivity index (χ2n) is 3.51. The maximum atomic E-state index is 9.51. The molecule has 0 spiro atoms. The third kappa shape index (κ3) is 3.75. The topological polar surface area (TPSA) is 69.9 Å². The number of halogens is 1. The second kappa shape index (κ2) is 6.20. The standard InChI is InChI=1S/C11H15BrO4/c1-7(14)10-3-2-8(12)4-11(10)16-6-9(15)5-13/h2-4,7,9,13-15H,5-6H2,1H3/t7-,9?/m1/s1. The molecule has 0 aromatic heterocycles. The molecule has 0 amide bonds. The van der Waals surface area contributed by atoms with Crippen molar-refractivity contribution in [1.29, 1.82) is 0 Å². The number of ether oxygens (including phenoxy) is 1. The molecule has 0 saturated heterocycles. The van der Waals surface area contributed by atoms with Crippen molar-refractivity contribution in [3.8, 4) is 5.75 Å². The number of rotatable bonds is 5. The molecule has 3 N–H and O–H groups in total. The Hall–Kier alpha value is -0.620. The molecule has 1 unspecified atom stereocenters. The summed E-state index contributed by atoms with van der Waals surface area (Å²) in [6, 6.07) is 5.26. The molecule has 0 heterocycles. The zero-order valence-corrected chi connectivity index (χ0v) is 10.5. The first-order chi connectivity index (χ1) is 7.54. The van der Waals surface area contributed by atoms with Gasteiger partial charge in [0.25, 0.3) is 0 Å². The Balaban J connectivity index is 2.80. The third-order valence-electron chi connectivity index (χ3n) is 2.07. The number of aliphatic hydroxyl groups excluding tert-OH is 3. The Morgan fingerprint density at radius 3 is 2.62 bits per heavy atom. The molecule has 16 heavy (non-hydrogen) atoms. The third-order valence-corrected chi connectivity index (χ3v) is 2.56. The Labute approximate surface area is 103 Å². The molecule has 0 bridgehead atoms. The molecule has 0 aliphatic rings. The Bertz CT molecular complexity index is 341. The average molecular weight is 291 g/mol. The van der Waals surface area contributed by atoms with Crippen LogP contribution in [0.5, 0.6) is 5.75 Å². The van der Waals surface area contributed by atoms with Crippen LogP contribution in [0.25, 0.3) is 0 Å². The van der Waals surface area contributed by atoms with E-state index in [1.54, 1.807) is 25.1 Å². The Kier molecular flexibility index (Phi) is 5.21. The first-order valence-electron chi connectivity index (χ1n) is 4.93. The van der Waals surface area contributed by atoms with Crippen LogP contribution in [-0.2, 0) is 0 Å². The van der Waals surface area contributed by atoms with E-state index in [1.807, 2.05) is 0 Å². The summed E-state index contributed by atoms with van der Waals surface area (Å²) in [6.45, 7) is 1.28. The number of aliphatic hydroxyl groups is 3. The molecule has 0 aliphatic carbocycles. The number of benzene rings is 1. The van der Waals surface area contributed by atoms with Gasteiger partial charge in [-0.25, -0.2) is 0 Å². The van der Waals surface area contributed by atoms with Crippen LogP contribution >= 0.6 is 15.9 Å². The fourth-order valence-electron chi connectivity index (χ4n) is 1.22. The van der Waals surface area contributed by atoms with Gasteiger partial charge in [0.05, 0.1) is 12.7 Å². The molecular formula is C11H15BrO4. The number of hydrogen-bond donors (Lipinski definition) is 3. The van der Waals surface area contributed by atoms with Crippen LogP contribution in [0.15, 0.2) is 22.7 Å². The summed E-state index contributed by atoms with van der Waals surface area (Å²) in [6.07, 6.45) is -1.56. The molecule has 0 fully saturated rings. The van der Waals surface area contributed by atoms with Crippen LogP contribution in [0.3, 0.4) is 0 Å². The van der Waals surface area contributed by atoms with Gasteiger partial charge in [0.2, 0.25) is 0 Å². The molecule has 90 valence electrons. The van der Waals surface area contributed by atoms with E-state index in [2.05, 4.69) is 15.9 Å². The first kappa shape index (κ1) is 13.4. The van der Waals surface area contributed by atoms with E-state index in [1.165, 1.54) is 0 Å². The van der Waals surface area contributed by atoms with Crippen LogP contribution < -0.4 is 4.74 Å². The SMILES string of the molecule is C[C@@H](O)c1ccc(Br)cc1OCC(O)CO. The lowest BCUT2D eigenvalue weighted by atomic mass is 10.1. The lowest BCUT2D eigenvalue weighted by Crippen LogP contribution is -2.21. The molecule has 0 radical (unpaired) electrons. The van der Waals surface area contributed by atoms with E-state index in [0.29, 0.717) is 11.3 Å². The van der Waals surface area contributed by atoms with Gasteiger partial charge < -0.3 is 20.1 Å². The van der Waals surface area contributed by atoms with Crippen molar-refractivity contribution in [3.63, 3.8) is 0 Å². The van der Waals surface area contributed by atoms with Gasteiger partial charge in [-0.3, -0.25) is 0 Å². The molecule has 2 atom stereocenters. The zero-order chi connectivity index (χ0) is 12.1. The predicted octanol–water partition coefficient (Wildman–Crippen LogP) is 1.23. The molecule has 1 rings (SSSR count). The lowest BCUT2D eigenvalue weighted by Gasteiger charge is -2.15. The summed E-state index contributed by atoms with van der Waals surface area (Å²) in [7, 11) is 0. The van der Waals surface area contributed by atoms with E-state index in [0.717, 1.165) is 4.47 Å². The minimum atomic E-state index is -0.916. The fourth-order valence-corrected chi connectivity index (χ4v) is 1.56. The second-order valence-corrected chi connectivity index (χ2v) is 4.42. The van der Waals surface area contributed by atoms with Gasteiger partial charge in [0.1, 0.15) is 18.5 Å². The highest BCUT2D eigenvalue weighted by Crippen LogP contribution is 2.28. The van der Waals surface area contributed by atoms with Crippen LogP contribution in [0.2, 0.25) is 0 Å². The summed E-state index contributed by atoms with van der Waals surface area (Å²) < 4.78 is 6.16. The lowest BCUT2D eigenvalue weighted by molar-refractivity contribution is 0.0523. The highest BCUT2D eigenvalue weighted by atomic mass is 79.9. The zero-order valence-electron chi connectivity index (χ0n) is 8.93. The summed E-state index contributed by atoms with van der Waals surface area (Å²) >= 11 is 3.30. The van der Waals surface area contributed by atoms with E-state index >= 15 is 0 Å². The molecule has 0 saturated carbocycles. The van der Waals surface area contributed by atoms with Crippen molar-refractivity contribution in [3.05, 3.63) is 28.2 Å². The minimum absolute atomic E-state index is 0.00727. The van der Waals surface area contributed by atoms with Gasteiger partial charge in [0.15, 0.2) is 0 Å². The van der Waals surface area contributed by atoms with Gasteiger partial charge in [0, 0.05) is 10.0 Å². The highest BCUT2D eigenvalue weighted by Gasteiger charge is 2.11. The molecular weight excluding hydrogens is 276 g/mol. The number of hydrogen-bond acceptors (Lipinski definition) is 4. The minimum Gasteiger partial charge on any atom is -0.490 e. The van der Waals surface area contributed by atoms with Crippen molar-refractivity contribution >= 4 is 15.9 Å². The van der Waals surface area contributed by atoms with Crippen LogP contribution in [0.4, 0.5) is 0 Å². The maximum absolute atomic E-state index is 9.51. The van der Waals surface area contributed by atoms with Crippen LogP contribution in [0, 0.1) is 0 Å². The quantitative estimate of drug-likeness (QED) is 0.763. The van der Waals surface area contributed by atoms with Crippen molar-refractivity contribution in [2.24, 2.45) is 0 Å². The van der Waals surface area contributed by atoms with Crippen molar-refractivity contribution in [1.82, 2.24) is 0 Å². The van der Waals surface area contributed by atoms with Gasteiger partial charge >= 0.3 is 0 Å². The van der Waals surface area contributed by atoms with Crippen molar-refractivity contribution in [2.75, 3.05) is 13.2 Å². The summed E-state index contributed by atoms with van der Waals surface area (Å²) in [4.78, 5) is 0. The average Bonchev–Trinajstić information content (AvgIpc) is 2.25. The highest BCUT2D eigenvalue weighted by molar-refractivity contribution is 9.10. The van der Waals surface area contributed by atoms with Crippen molar-refractivity contribution in [2.45, 2.75) is 19.1 Å². The molecule has 1 aromatic carbocycles.